The van der Waals surface area contributed by atoms with E-state index in [-0.39, 0.29) is 4.92 Å². The van der Waals surface area contributed by atoms with E-state index < -0.39 is 6.04 Å². The second-order valence-electron chi connectivity index (χ2n) is 3.98. The fourth-order valence-corrected chi connectivity index (χ4v) is 1.86. The third-order valence-electron chi connectivity index (χ3n) is 2.76. The Hall–Kier alpha value is -1.90. The quantitative estimate of drug-likeness (QED) is 0.583. The zero-order chi connectivity index (χ0) is 11.5. The van der Waals surface area contributed by atoms with Crippen LogP contribution in [0.25, 0.3) is 10.8 Å². The van der Waals surface area contributed by atoms with E-state index in [4.69, 9.17) is 0 Å². The van der Waals surface area contributed by atoms with Gasteiger partial charge in [-0.05, 0) is 16.3 Å². The van der Waals surface area contributed by atoms with Crippen LogP contribution < -0.4 is 0 Å². The minimum Gasteiger partial charge on any atom is -0.264 e. The van der Waals surface area contributed by atoms with E-state index in [1.54, 1.807) is 6.92 Å². The van der Waals surface area contributed by atoms with Crippen LogP contribution in [-0.4, -0.2) is 11.0 Å². The Labute approximate surface area is 93.9 Å². The topological polar surface area (TPSA) is 43.1 Å². The second kappa shape index (κ2) is 4.31. The molecule has 0 bridgehead atoms. The molecule has 2 aromatic carbocycles. The van der Waals surface area contributed by atoms with Crippen molar-refractivity contribution in [2.24, 2.45) is 0 Å². The van der Waals surface area contributed by atoms with Gasteiger partial charge in [0.2, 0.25) is 6.04 Å². The maximum atomic E-state index is 10.6. The lowest BCUT2D eigenvalue weighted by atomic mass is 10.00. The van der Waals surface area contributed by atoms with Crippen LogP contribution in [0.5, 0.6) is 0 Å². The number of nitrogens with zero attached hydrogens (tertiary/aromatic N) is 1. The van der Waals surface area contributed by atoms with Gasteiger partial charge in [-0.1, -0.05) is 42.5 Å². The standard InChI is InChI=1S/C13H13NO2/c1-10(14(15)16)9-12-7-4-6-11-5-2-3-8-13(11)12/h2-8,10H,9H2,1H3. The van der Waals surface area contributed by atoms with Crippen molar-refractivity contribution >= 4 is 10.8 Å². The molecule has 0 saturated heterocycles. The first kappa shape index (κ1) is 10.6. The first-order valence-electron chi connectivity index (χ1n) is 5.28. The fourth-order valence-electron chi connectivity index (χ4n) is 1.86. The van der Waals surface area contributed by atoms with Crippen molar-refractivity contribution in [3.8, 4) is 0 Å². The Morgan fingerprint density at radius 1 is 1.19 bits per heavy atom. The molecule has 2 rings (SSSR count). The molecule has 0 aliphatic heterocycles. The van der Waals surface area contributed by atoms with Crippen molar-refractivity contribution in [2.75, 3.05) is 0 Å². The molecule has 0 aliphatic rings. The average Bonchev–Trinajstić information content (AvgIpc) is 2.29. The van der Waals surface area contributed by atoms with Crippen molar-refractivity contribution < 1.29 is 4.92 Å². The lowest BCUT2D eigenvalue weighted by Crippen LogP contribution is -2.17. The summed E-state index contributed by atoms with van der Waals surface area (Å²) in [5.41, 5.74) is 1.04. The maximum absolute atomic E-state index is 10.6. The van der Waals surface area contributed by atoms with E-state index in [9.17, 15) is 10.1 Å². The zero-order valence-electron chi connectivity index (χ0n) is 9.09. The van der Waals surface area contributed by atoms with Crippen LogP contribution in [-0.2, 0) is 6.42 Å². The molecule has 3 nitrogen and oxygen atoms in total. The molecular formula is C13H13NO2. The highest BCUT2D eigenvalue weighted by Crippen LogP contribution is 2.20. The predicted octanol–water partition coefficient (Wildman–Crippen LogP) is 3.05. The lowest BCUT2D eigenvalue weighted by Gasteiger charge is -2.07. The lowest BCUT2D eigenvalue weighted by molar-refractivity contribution is -0.517. The Bertz CT molecular complexity index is 517. The summed E-state index contributed by atoms with van der Waals surface area (Å²) in [4.78, 5) is 10.4. The Morgan fingerprint density at radius 2 is 1.88 bits per heavy atom. The highest BCUT2D eigenvalue weighted by molar-refractivity contribution is 5.85. The molecule has 3 heteroatoms. The molecule has 1 unspecified atom stereocenters. The van der Waals surface area contributed by atoms with Crippen molar-refractivity contribution in [1.29, 1.82) is 0 Å². The van der Waals surface area contributed by atoms with Crippen LogP contribution in [0.3, 0.4) is 0 Å². The van der Waals surface area contributed by atoms with Crippen molar-refractivity contribution in [2.45, 2.75) is 19.4 Å². The molecule has 0 spiro atoms. The zero-order valence-corrected chi connectivity index (χ0v) is 9.09. The van der Waals surface area contributed by atoms with Crippen LogP contribution in [0, 0.1) is 10.1 Å². The van der Waals surface area contributed by atoms with E-state index in [0.29, 0.717) is 6.42 Å². The van der Waals surface area contributed by atoms with Crippen molar-refractivity contribution in [1.82, 2.24) is 0 Å². The van der Waals surface area contributed by atoms with Gasteiger partial charge < -0.3 is 0 Å². The highest BCUT2D eigenvalue weighted by Gasteiger charge is 2.14. The van der Waals surface area contributed by atoms with Crippen LogP contribution in [0.2, 0.25) is 0 Å². The molecule has 0 saturated carbocycles. The van der Waals surface area contributed by atoms with Gasteiger partial charge in [0.05, 0.1) is 0 Å². The molecule has 0 heterocycles. The Balaban J connectivity index is 2.41. The summed E-state index contributed by atoms with van der Waals surface area (Å²) in [6.45, 7) is 1.64. The minimum absolute atomic E-state index is 0.234. The molecule has 16 heavy (non-hydrogen) atoms. The van der Waals surface area contributed by atoms with Gasteiger partial charge >= 0.3 is 0 Å². The normalized spacial score (nSPS) is 12.6. The second-order valence-corrected chi connectivity index (χ2v) is 3.98. The molecule has 0 fully saturated rings. The van der Waals surface area contributed by atoms with Gasteiger partial charge in [0.15, 0.2) is 0 Å². The van der Waals surface area contributed by atoms with Crippen LogP contribution in [0.15, 0.2) is 42.5 Å². The van der Waals surface area contributed by atoms with Gasteiger partial charge in [-0.15, -0.1) is 0 Å². The van der Waals surface area contributed by atoms with Gasteiger partial charge in [0.1, 0.15) is 0 Å². The molecule has 2 aromatic rings. The predicted molar refractivity (Wildman–Crippen MR) is 64.1 cm³/mol. The Kier molecular flexibility index (Phi) is 2.86. The largest absolute Gasteiger partial charge is 0.264 e. The van der Waals surface area contributed by atoms with Crippen molar-refractivity contribution in [3.05, 3.63) is 58.1 Å². The summed E-state index contributed by atoms with van der Waals surface area (Å²) in [5, 5.41) is 12.9. The highest BCUT2D eigenvalue weighted by atomic mass is 16.6. The monoisotopic (exact) mass is 215 g/mol. The van der Waals surface area contributed by atoms with Crippen molar-refractivity contribution in [3.63, 3.8) is 0 Å². The third-order valence-corrected chi connectivity index (χ3v) is 2.76. The number of rotatable bonds is 3. The number of fused-ring (bicyclic) bond motifs is 1. The first-order valence-corrected chi connectivity index (χ1v) is 5.28. The van der Waals surface area contributed by atoms with Gasteiger partial charge in [-0.2, -0.15) is 0 Å². The minimum atomic E-state index is -0.536. The van der Waals surface area contributed by atoms with Crippen LogP contribution >= 0.6 is 0 Å². The van der Waals surface area contributed by atoms with E-state index in [0.717, 1.165) is 16.3 Å². The summed E-state index contributed by atoms with van der Waals surface area (Å²) in [7, 11) is 0. The first-order chi connectivity index (χ1) is 7.68. The summed E-state index contributed by atoms with van der Waals surface area (Å²) in [6, 6.07) is 13.4. The van der Waals surface area contributed by atoms with E-state index in [1.807, 2.05) is 42.5 Å². The summed E-state index contributed by atoms with van der Waals surface area (Å²) in [5.74, 6) is 0. The smallest absolute Gasteiger partial charge is 0.214 e. The molecule has 0 aliphatic carbocycles. The summed E-state index contributed by atoms with van der Waals surface area (Å²) < 4.78 is 0. The summed E-state index contributed by atoms with van der Waals surface area (Å²) >= 11 is 0. The SMILES string of the molecule is CC(Cc1cccc2ccccc12)[N+](=O)[O-]. The maximum Gasteiger partial charge on any atom is 0.214 e. The molecule has 0 radical (unpaired) electrons. The molecule has 82 valence electrons. The Morgan fingerprint density at radius 3 is 2.62 bits per heavy atom. The fraction of sp³-hybridized carbons (Fsp3) is 0.231. The van der Waals surface area contributed by atoms with Gasteiger partial charge in [0.25, 0.3) is 0 Å². The molecular weight excluding hydrogens is 202 g/mol. The molecule has 1 atom stereocenters. The molecule has 0 N–H and O–H groups in total. The summed E-state index contributed by atoms with van der Waals surface area (Å²) in [6.07, 6.45) is 0.481. The molecule has 0 amide bonds. The van der Waals surface area contributed by atoms with Crippen LogP contribution in [0.1, 0.15) is 12.5 Å². The number of nitro groups is 1. The number of hydrogen-bond donors (Lipinski definition) is 0. The van der Waals surface area contributed by atoms with Gasteiger partial charge in [-0.3, -0.25) is 10.1 Å². The van der Waals surface area contributed by atoms with Crippen LogP contribution in [0.4, 0.5) is 0 Å². The number of hydrogen-bond acceptors (Lipinski definition) is 2. The van der Waals surface area contributed by atoms with Gasteiger partial charge in [0, 0.05) is 18.3 Å². The average molecular weight is 215 g/mol. The van der Waals surface area contributed by atoms with E-state index >= 15 is 0 Å². The third kappa shape index (κ3) is 2.03. The van der Waals surface area contributed by atoms with E-state index in [2.05, 4.69) is 0 Å². The number of benzene rings is 2. The molecule has 0 aromatic heterocycles. The van der Waals surface area contributed by atoms with Gasteiger partial charge in [-0.25, -0.2) is 0 Å². The van der Waals surface area contributed by atoms with E-state index in [1.165, 1.54) is 0 Å².